The number of methoxy groups -OCH3 is 1. The number of nitrogens with zero attached hydrogens (tertiary/aromatic N) is 1. The summed E-state index contributed by atoms with van der Waals surface area (Å²) in [6.45, 7) is 4.92. The van der Waals surface area contributed by atoms with Crippen molar-refractivity contribution in [2.75, 3.05) is 18.6 Å². The maximum absolute atomic E-state index is 12.9. The van der Waals surface area contributed by atoms with Crippen LogP contribution in [-0.4, -0.2) is 19.6 Å². The van der Waals surface area contributed by atoms with E-state index in [2.05, 4.69) is 32.0 Å². The van der Waals surface area contributed by atoms with Crippen LogP contribution in [0.5, 0.6) is 5.75 Å². The number of hydrogen-bond acceptors (Lipinski definition) is 2. The Labute approximate surface area is 137 Å². The van der Waals surface area contributed by atoms with E-state index in [0.29, 0.717) is 6.42 Å². The van der Waals surface area contributed by atoms with Gasteiger partial charge in [-0.3, -0.25) is 4.79 Å². The summed E-state index contributed by atoms with van der Waals surface area (Å²) in [6, 6.07) is 12.2. The molecule has 0 radical (unpaired) electrons. The maximum Gasteiger partial charge on any atom is 0.231 e. The summed E-state index contributed by atoms with van der Waals surface area (Å²) >= 11 is 0. The number of rotatable bonds is 3. The summed E-state index contributed by atoms with van der Waals surface area (Å²) in [6.07, 6.45) is 2.43. The SMILES string of the molecule is COc1ccc(C)c2c1N(C(=O)Cc1ccc(C)cc1)CCC2. The molecule has 0 saturated carbocycles. The second-order valence-corrected chi connectivity index (χ2v) is 6.22. The third-order valence-electron chi connectivity index (χ3n) is 4.56. The Balaban J connectivity index is 1.91. The normalized spacial score (nSPS) is 13.6. The molecule has 0 aromatic heterocycles. The fourth-order valence-corrected chi connectivity index (χ4v) is 3.24. The first-order chi connectivity index (χ1) is 11.1. The summed E-state index contributed by atoms with van der Waals surface area (Å²) in [4.78, 5) is 14.8. The van der Waals surface area contributed by atoms with Gasteiger partial charge in [-0.1, -0.05) is 35.9 Å². The molecule has 2 aromatic carbocycles. The van der Waals surface area contributed by atoms with Crippen LogP contribution in [0.1, 0.15) is 28.7 Å². The quantitative estimate of drug-likeness (QED) is 0.862. The summed E-state index contributed by atoms with van der Waals surface area (Å²) in [7, 11) is 1.67. The van der Waals surface area contributed by atoms with Crippen molar-refractivity contribution in [1.29, 1.82) is 0 Å². The Bertz CT molecular complexity index is 719. The van der Waals surface area contributed by atoms with Gasteiger partial charge in [0.1, 0.15) is 5.75 Å². The van der Waals surface area contributed by atoms with Crippen molar-refractivity contribution in [3.8, 4) is 5.75 Å². The Morgan fingerprint density at radius 2 is 1.87 bits per heavy atom. The Kier molecular flexibility index (Phi) is 4.37. The molecule has 3 rings (SSSR count). The number of ether oxygens (including phenoxy) is 1. The molecule has 1 aliphatic heterocycles. The second-order valence-electron chi connectivity index (χ2n) is 6.22. The van der Waals surface area contributed by atoms with Gasteiger partial charge in [-0.05, 0) is 49.4 Å². The molecule has 3 heteroatoms. The zero-order valence-corrected chi connectivity index (χ0v) is 14.1. The molecule has 0 atom stereocenters. The van der Waals surface area contributed by atoms with Crippen LogP contribution in [0, 0.1) is 13.8 Å². The topological polar surface area (TPSA) is 29.5 Å². The highest BCUT2D eigenvalue weighted by Crippen LogP contribution is 2.38. The molecule has 0 fully saturated rings. The van der Waals surface area contributed by atoms with Gasteiger partial charge in [-0.2, -0.15) is 0 Å². The molecule has 0 bridgehead atoms. The lowest BCUT2D eigenvalue weighted by atomic mass is 9.95. The van der Waals surface area contributed by atoms with Crippen LogP contribution in [0.4, 0.5) is 5.69 Å². The molecule has 0 aliphatic carbocycles. The smallest absolute Gasteiger partial charge is 0.231 e. The average molecular weight is 309 g/mol. The van der Waals surface area contributed by atoms with Crippen molar-refractivity contribution in [2.24, 2.45) is 0 Å². The Morgan fingerprint density at radius 3 is 2.57 bits per heavy atom. The van der Waals surface area contributed by atoms with E-state index in [1.807, 2.05) is 23.1 Å². The zero-order chi connectivity index (χ0) is 16.4. The molecular weight excluding hydrogens is 286 g/mol. The molecule has 1 aliphatic rings. The highest BCUT2D eigenvalue weighted by atomic mass is 16.5. The molecule has 0 unspecified atom stereocenters. The lowest BCUT2D eigenvalue weighted by Gasteiger charge is -2.32. The average Bonchev–Trinajstić information content (AvgIpc) is 2.57. The predicted octanol–water partition coefficient (Wildman–Crippen LogP) is 3.83. The molecule has 1 amide bonds. The fourth-order valence-electron chi connectivity index (χ4n) is 3.24. The van der Waals surface area contributed by atoms with E-state index in [9.17, 15) is 4.79 Å². The Morgan fingerprint density at radius 1 is 1.13 bits per heavy atom. The number of fused-ring (bicyclic) bond motifs is 1. The zero-order valence-electron chi connectivity index (χ0n) is 14.1. The number of hydrogen-bond donors (Lipinski definition) is 0. The third-order valence-corrected chi connectivity index (χ3v) is 4.56. The summed E-state index contributed by atoms with van der Waals surface area (Å²) < 4.78 is 5.52. The van der Waals surface area contributed by atoms with Crippen LogP contribution in [0.25, 0.3) is 0 Å². The van der Waals surface area contributed by atoms with Crippen LogP contribution in [0.3, 0.4) is 0 Å². The largest absolute Gasteiger partial charge is 0.495 e. The van der Waals surface area contributed by atoms with Gasteiger partial charge >= 0.3 is 0 Å². The minimum absolute atomic E-state index is 0.138. The summed E-state index contributed by atoms with van der Waals surface area (Å²) in [5, 5.41) is 0. The Hall–Kier alpha value is -2.29. The van der Waals surface area contributed by atoms with Crippen LogP contribution < -0.4 is 9.64 Å². The fraction of sp³-hybridized carbons (Fsp3) is 0.350. The van der Waals surface area contributed by atoms with Crippen molar-refractivity contribution in [2.45, 2.75) is 33.1 Å². The van der Waals surface area contributed by atoms with Crippen molar-refractivity contribution in [3.05, 3.63) is 58.7 Å². The molecule has 120 valence electrons. The first-order valence-corrected chi connectivity index (χ1v) is 8.12. The monoisotopic (exact) mass is 309 g/mol. The molecule has 1 heterocycles. The van der Waals surface area contributed by atoms with Gasteiger partial charge < -0.3 is 9.64 Å². The van der Waals surface area contributed by atoms with Crippen LogP contribution in [0.2, 0.25) is 0 Å². The molecule has 0 spiro atoms. The molecule has 23 heavy (non-hydrogen) atoms. The van der Waals surface area contributed by atoms with Gasteiger partial charge in [0.25, 0.3) is 0 Å². The minimum Gasteiger partial charge on any atom is -0.495 e. The summed E-state index contributed by atoms with van der Waals surface area (Å²) in [5.41, 5.74) is 5.71. The second kappa shape index (κ2) is 6.45. The van der Waals surface area contributed by atoms with Crippen molar-refractivity contribution < 1.29 is 9.53 Å². The van der Waals surface area contributed by atoms with E-state index in [-0.39, 0.29) is 5.91 Å². The van der Waals surface area contributed by atoms with E-state index < -0.39 is 0 Å². The van der Waals surface area contributed by atoms with Gasteiger partial charge in [-0.25, -0.2) is 0 Å². The minimum atomic E-state index is 0.138. The number of carbonyl (C=O) groups is 1. The standard InChI is InChI=1S/C20H23NO2/c1-14-6-9-16(10-7-14)13-19(22)21-12-4-5-17-15(2)8-11-18(23-3)20(17)21/h6-11H,4-5,12-13H2,1-3H3. The number of carbonyl (C=O) groups excluding carboxylic acids is 1. The van der Waals surface area contributed by atoms with E-state index in [4.69, 9.17) is 4.74 Å². The molecule has 3 nitrogen and oxygen atoms in total. The van der Waals surface area contributed by atoms with Gasteiger partial charge in [0, 0.05) is 6.54 Å². The van der Waals surface area contributed by atoms with Gasteiger partial charge in [0.05, 0.1) is 19.2 Å². The highest BCUT2D eigenvalue weighted by Gasteiger charge is 2.27. The van der Waals surface area contributed by atoms with Gasteiger partial charge in [0.15, 0.2) is 0 Å². The first-order valence-electron chi connectivity index (χ1n) is 8.12. The molecular formula is C20H23NO2. The molecule has 0 N–H and O–H groups in total. The van der Waals surface area contributed by atoms with Crippen LogP contribution >= 0.6 is 0 Å². The van der Waals surface area contributed by atoms with Crippen LogP contribution in [-0.2, 0) is 17.6 Å². The number of benzene rings is 2. The van der Waals surface area contributed by atoms with Crippen molar-refractivity contribution in [1.82, 2.24) is 0 Å². The number of anilines is 1. The van der Waals surface area contributed by atoms with Crippen LogP contribution in [0.15, 0.2) is 36.4 Å². The number of aryl methyl sites for hydroxylation is 2. The number of amides is 1. The van der Waals surface area contributed by atoms with Gasteiger partial charge in [0.2, 0.25) is 5.91 Å². The molecule has 2 aromatic rings. The lowest BCUT2D eigenvalue weighted by Crippen LogP contribution is -2.37. The van der Waals surface area contributed by atoms with Crippen molar-refractivity contribution >= 4 is 11.6 Å². The highest BCUT2D eigenvalue weighted by molar-refractivity contribution is 5.97. The van der Waals surface area contributed by atoms with Gasteiger partial charge in [-0.15, -0.1) is 0 Å². The summed E-state index contributed by atoms with van der Waals surface area (Å²) in [5.74, 6) is 0.932. The maximum atomic E-state index is 12.9. The van der Waals surface area contributed by atoms with E-state index in [1.165, 1.54) is 16.7 Å². The van der Waals surface area contributed by atoms with E-state index >= 15 is 0 Å². The lowest BCUT2D eigenvalue weighted by molar-refractivity contribution is -0.118. The first kappa shape index (κ1) is 15.6. The van der Waals surface area contributed by atoms with Crippen molar-refractivity contribution in [3.63, 3.8) is 0 Å². The predicted molar refractivity (Wildman–Crippen MR) is 93.3 cm³/mol. The van der Waals surface area contributed by atoms with E-state index in [1.54, 1.807) is 7.11 Å². The molecule has 0 saturated heterocycles. The van der Waals surface area contributed by atoms with E-state index in [0.717, 1.165) is 36.4 Å². The third kappa shape index (κ3) is 3.09.